The van der Waals surface area contributed by atoms with E-state index in [0.717, 1.165) is 20.8 Å². The van der Waals surface area contributed by atoms with Gasteiger partial charge >= 0.3 is 0 Å². The molecule has 0 radical (unpaired) electrons. The lowest BCUT2D eigenvalue weighted by Crippen LogP contribution is -1.91. The predicted molar refractivity (Wildman–Crippen MR) is 69.4 cm³/mol. The molecule has 0 saturated carbocycles. The number of anilines is 1. The summed E-state index contributed by atoms with van der Waals surface area (Å²) in [7, 11) is 1.86. The Morgan fingerprint density at radius 1 is 1.12 bits per heavy atom. The zero-order chi connectivity index (χ0) is 11.4. The minimum Gasteiger partial charge on any atom is -0.373 e. The Labute approximate surface area is 104 Å². The van der Waals surface area contributed by atoms with E-state index in [-0.39, 0.29) is 0 Å². The van der Waals surface area contributed by atoms with Crippen molar-refractivity contribution in [2.45, 2.75) is 9.92 Å². The lowest BCUT2D eigenvalue weighted by molar-refractivity contribution is 1.12. The van der Waals surface area contributed by atoms with Gasteiger partial charge in [0.25, 0.3) is 0 Å². The van der Waals surface area contributed by atoms with Crippen molar-refractivity contribution in [1.82, 2.24) is 4.98 Å². The van der Waals surface area contributed by atoms with Gasteiger partial charge in [-0.15, -0.1) is 0 Å². The van der Waals surface area contributed by atoms with Gasteiger partial charge in [0.2, 0.25) is 0 Å². The quantitative estimate of drug-likeness (QED) is 0.894. The van der Waals surface area contributed by atoms with Crippen molar-refractivity contribution in [3.63, 3.8) is 0 Å². The summed E-state index contributed by atoms with van der Waals surface area (Å²) in [6, 6.07) is 13.6. The van der Waals surface area contributed by atoms with Gasteiger partial charge in [0.05, 0.1) is 0 Å². The van der Waals surface area contributed by atoms with Crippen LogP contribution in [0.1, 0.15) is 0 Å². The molecule has 0 aliphatic rings. The Kier molecular flexibility index (Phi) is 3.70. The largest absolute Gasteiger partial charge is 0.373 e. The molecule has 1 aromatic heterocycles. The number of halogens is 1. The number of hydrogen-bond donors (Lipinski definition) is 1. The first-order valence-electron chi connectivity index (χ1n) is 4.86. The molecular weight excluding hydrogens is 240 g/mol. The summed E-state index contributed by atoms with van der Waals surface area (Å²) in [5, 5.41) is 4.73. The highest BCUT2D eigenvalue weighted by molar-refractivity contribution is 7.99. The van der Waals surface area contributed by atoms with Gasteiger partial charge < -0.3 is 5.32 Å². The maximum Gasteiger partial charge on any atom is 0.127 e. The van der Waals surface area contributed by atoms with E-state index in [1.807, 2.05) is 49.5 Å². The van der Waals surface area contributed by atoms with Crippen LogP contribution in [-0.2, 0) is 0 Å². The second-order valence-electron chi connectivity index (χ2n) is 3.17. The molecule has 2 aromatic rings. The van der Waals surface area contributed by atoms with E-state index in [0.29, 0.717) is 0 Å². The highest BCUT2D eigenvalue weighted by Crippen LogP contribution is 2.27. The van der Waals surface area contributed by atoms with Gasteiger partial charge in [0.15, 0.2) is 0 Å². The molecule has 0 spiro atoms. The number of rotatable bonds is 3. The van der Waals surface area contributed by atoms with E-state index in [2.05, 4.69) is 10.3 Å². The molecule has 0 amide bonds. The molecule has 2 nitrogen and oxygen atoms in total. The number of pyridine rings is 1. The molecule has 0 aliphatic heterocycles. The molecule has 0 bridgehead atoms. The average molecular weight is 251 g/mol. The van der Waals surface area contributed by atoms with Crippen LogP contribution in [0.4, 0.5) is 5.82 Å². The first-order valence-corrected chi connectivity index (χ1v) is 6.05. The number of nitrogens with zero attached hydrogens (tertiary/aromatic N) is 1. The summed E-state index contributed by atoms with van der Waals surface area (Å²) >= 11 is 7.44. The third-order valence-corrected chi connectivity index (χ3v) is 3.21. The summed E-state index contributed by atoms with van der Waals surface area (Å²) in [5.41, 5.74) is 0. The van der Waals surface area contributed by atoms with Crippen LogP contribution in [0.25, 0.3) is 0 Å². The third-order valence-electron chi connectivity index (χ3n) is 2.02. The van der Waals surface area contributed by atoms with Crippen LogP contribution in [0, 0.1) is 0 Å². The predicted octanol–water partition coefficient (Wildman–Crippen LogP) is 3.93. The van der Waals surface area contributed by atoms with Crippen molar-refractivity contribution >= 4 is 29.2 Å². The molecule has 0 saturated heterocycles. The zero-order valence-electron chi connectivity index (χ0n) is 8.77. The number of aromatic nitrogens is 1. The lowest BCUT2D eigenvalue weighted by atomic mass is 10.4. The molecule has 1 aromatic carbocycles. The van der Waals surface area contributed by atoms with Crippen LogP contribution in [0.3, 0.4) is 0 Å². The highest BCUT2D eigenvalue weighted by atomic mass is 35.5. The molecule has 0 unspecified atom stereocenters. The summed E-state index contributed by atoms with van der Waals surface area (Å²) in [6.45, 7) is 0. The van der Waals surface area contributed by atoms with Crippen molar-refractivity contribution in [3.8, 4) is 0 Å². The molecule has 1 N–H and O–H groups in total. The van der Waals surface area contributed by atoms with Crippen molar-refractivity contribution < 1.29 is 0 Å². The standard InChI is InChI=1S/C12H11ClN2S/c1-14-11-3-2-4-12(15-11)16-10-7-5-9(13)6-8-10/h2-8H,1H3,(H,14,15). The zero-order valence-corrected chi connectivity index (χ0v) is 10.3. The Hall–Kier alpha value is -1.19. The summed E-state index contributed by atoms with van der Waals surface area (Å²) in [4.78, 5) is 5.56. The number of benzene rings is 1. The van der Waals surface area contributed by atoms with Gasteiger partial charge in [-0.1, -0.05) is 29.4 Å². The van der Waals surface area contributed by atoms with Crippen molar-refractivity contribution in [2.75, 3.05) is 12.4 Å². The van der Waals surface area contributed by atoms with Crippen LogP contribution in [0.2, 0.25) is 5.02 Å². The molecule has 16 heavy (non-hydrogen) atoms. The van der Waals surface area contributed by atoms with E-state index in [1.165, 1.54) is 0 Å². The van der Waals surface area contributed by atoms with Gasteiger partial charge in [-0.25, -0.2) is 4.98 Å². The molecule has 82 valence electrons. The van der Waals surface area contributed by atoms with Crippen LogP contribution in [0.15, 0.2) is 52.4 Å². The molecular formula is C12H11ClN2S. The molecule has 1 heterocycles. The molecule has 2 rings (SSSR count). The van der Waals surface area contributed by atoms with Crippen molar-refractivity contribution in [3.05, 3.63) is 47.5 Å². The van der Waals surface area contributed by atoms with E-state index in [9.17, 15) is 0 Å². The monoisotopic (exact) mass is 250 g/mol. The minimum atomic E-state index is 0.751. The first-order chi connectivity index (χ1) is 7.78. The average Bonchev–Trinajstić information content (AvgIpc) is 2.32. The molecule has 0 atom stereocenters. The fourth-order valence-electron chi connectivity index (χ4n) is 1.23. The minimum absolute atomic E-state index is 0.751. The lowest BCUT2D eigenvalue weighted by Gasteiger charge is -2.03. The fourth-order valence-corrected chi connectivity index (χ4v) is 2.16. The topological polar surface area (TPSA) is 24.9 Å². The van der Waals surface area contributed by atoms with Gasteiger partial charge in [0.1, 0.15) is 10.8 Å². The van der Waals surface area contributed by atoms with E-state index < -0.39 is 0 Å². The summed E-state index contributed by atoms with van der Waals surface area (Å²) in [5.74, 6) is 0.874. The van der Waals surface area contributed by atoms with Crippen LogP contribution in [-0.4, -0.2) is 12.0 Å². The highest BCUT2D eigenvalue weighted by Gasteiger charge is 1.99. The summed E-state index contributed by atoms with van der Waals surface area (Å²) in [6.07, 6.45) is 0. The van der Waals surface area contributed by atoms with Gasteiger partial charge in [-0.3, -0.25) is 0 Å². The normalized spacial score (nSPS) is 10.1. The Balaban J connectivity index is 2.16. The summed E-state index contributed by atoms with van der Waals surface area (Å²) < 4.78 is 0. The van der Waals surface area contributed by atoms with Crippen molar-refractivity contribution in [1.29, 1.82) is 0 Å². The number of hydrogen-bond acceptors (Lipinski definition) is 3. The van der Waals surface area contributed by atoms with Gasteiger partial charge in [-0.2, -0.15) is 0 Å². The maximum atomic E-state index is 5.83. The van der Waals surface area contributed by atoms with Crippen LogP contribution >= 0.6 is 23.4 Å². The first kappa shape index (κ1) is 11.3. The van der Waals surface area contributed by atoms with E-state index >= 15 is 0 Å². The Morgan fingerprint density at radius 3 is 2.56 bits per heavy atom. The molecule has 4 heteroatoms. The smallest absolute Gasteiger partial charge is 0.127 e. The fraction of sp³-hybridized carbons (Fsp3) is 0.0833. The SMILES string of the molecule is CNc1cccc(Sc2ccc(Cl)cc2)n1. The molecule has 0 fully saturated rings. The van der Waals surface area contributed by atoms with Crippen LogP contribution < -0.4 is 5.32 Å². The van der Waals surface area contributed by atoms with Gasteiger partial charge in [0, 0.05) is 17.0 Å². The number of nitrogens with one attached hydrogen (secondary N) is 1. The van der Waals surface area contributed by atoms with E-state index in [4.69, 9.17) is 11.6 Å². The molecule has 0 aliphatic carbocycles. The second-order valence-corrected chi connectivity index (χ2v) is 4.70. The third kappa shape index (κ3) is 2.90. The Bertz CT molecular complexity index is 471. The second kappa shape index (κ2) is 5.23. The van der Waals surface area contributed by atoms with Crippen LogP contribution in [0.5, 0.6) is 0 Å². The van der Waals surface area contributed by atoms with Gasteiger partial charge in [-0.05, 0) is 36.4 Å². The van der Waals surface area contributed by atoms with E-state index in [1.54, 1.807) is 11.8 Å². The maximum absolute atomic E-state index is 5.83. The van der Waals surface area contributed by atoms with Crippen molar-refractivity contribution in [2.24, 2.45) is 0 Å². The Morgan fingerprint density at radius 2 is 1.88 bits per heavy atom.